The zero-order valence-corrected chi connectivity index (χ0v) is 13.6. The minimum Gasteiger partial charge on any atom is -0.352 e. The van der Waals surface area contributed by atoms with Crippen molar-refractivity contribution in [2.24, 2.45) is 0 Å². The van der Waals surface area contributed by atoms with Crippen molar-refractivity contribution in [2.45, 2.75) is 39.2 Å². The zero-order valence-electron chi connectivity index (χ0n) is 13.6. The molecule has 1 heterocycles. The smallest absolute Gasteiger partial charge is 0.251 e. The lowest BCUT2D eigenvalue weighted by molar-refractivity contribution is -0.121. The third kappa shape index (κ3) is 4.81. The molecule has 6 heteroatoms. The Labute approximate surface area is 136 Å². The van der Waals surface area contributed by atoms with Crippen LogP contribution in [0, 0.1) is 0 Å². The summed E-state index contributed by atoms with van der Waals surface area (Å²) >= 11 is 0. The number of rotatable bonds is 5. The molecule has 0 aromatic heterocycles. The standard InChI is InChI=1S/C17H23N3O3/c1-12(2)19-15(21)11-18-17(23)13-6-8-14(9-7-13)20-10-4-3-5-16(20)22/h6-9,12H,3-5,10-11H2,1-2H3,(H,18,23)(H,19,21). The van der Waals surface area contributed by atoms with Gasteiger partial charge in [-0.25, -0.2) is 0 Å². The van der Waals surface area contributed by atoms with E-state index >= 15 is 0 Å². The summed E-state index contributed by atoms with van der Waals surface area (Å²) in [7, 11) is 0. The Morgan fingerprint density at radius 1 is 1.17 bits per heavy atom. The van der Waals surface area contributed by atoms with Crippen molar-refractivity contribution in [1.82, 2.24) is 10.6 Å². The minimum absolute atomic E-state index is 0.0424. The summed E-state index contributed by atoms with van der Waals surface area (Å²) in [6.45, 7) is 4.39. The van der Waals surface area contributed by atoms with E-state index in [2.05, 4.69) is 10.6 Å². The molecule has 1 aromatic carbocycles. The summed E-state index contributed by atoms with van der Waals surface area (Å²) in [5.41, 5.74) is 1.28. The van der Waals surface area contributed by atoms with Gasteiger partial charge in [0.2, 0.25) is 11.8 Å². The quantitative estimate of drug-likeness (QED) is 0.863. The topological polar surface area (TPSA) is 78.5 Å². The molecule has 1 aliphatic rings. The lowest BCUT2D eigenvalue weighted by Crippen LogP contribution is -2.39. The Balaban J connectivity index is 1.92. The fourth-order valence-electron chi connectivity index (χ4n) is 2.51. The maximum Gasteiger partial charge on any atom is 0.251 e. The van der Waals surface area contributed by atoms with Crippen molar-refractivity contribution in [3.05, 3.63) is 29.8 Å². The largest absolute Gasteiger partial charge is 0.352 e. The molecule has 2 N–H and O–H groups in total. The Hall–Kier alpha value is -2.37. The highest BCUT2D eigenvalue weighted by Gasteiger charge is 2.19. The number of hydrogen-bond acceptors (Lipinski definition) is 3. The Kier molecular flexibility index (Phi) is 5.73. The summed E-state index contributed by atoms with van der Waals surface area (Å²) in [6, 6.07) is 6.93. The van der Waals surface area contributed by atoms with E-state index in [0.717, 1.165) is 25.1 Å². The van der Waals surface area contributed by atoms with Crippen LogP contribution in [0.5, 0.6) is 0 Å². The van der Waals surface area contributed by atoms with Gasteiger partial charge < -0.3 is 15.5 Å². The predicted octanol–water partition coefficient (Wildman–Crippen LogP) is 1.46. The van der Waals surface area contributed by atoms with Gasteiger partial charge in [0.15, 0.2) is 0 Å². The summed E-state index contributed by atoms with van der Waals surface area (Å²) < 4.78 is 0. The van der Waals surface area contributed by atoms with Crippen molar-refractivity contribution in [1.29, 1.82) is 0 Å². The molecule has 0 spiro atoms. The number of nitrogens with zero attached hydrogens (tertiary/aromatic N) is 1. The molecular weight excluding hydrogens is 294 g/mol. The average molecular weight is 317 g/mol. The summed E-state index contributed by atoms with van der Waals surface area (Å²) in [5.74, 6) is -0.400. The molecule has 1 aliphatic heterocycles. The second-order valence-corrected chi connectivity index (χ2v) is 5.95. The van der Waals surface area contributed by atoms with Crippen molar-refractivity contribution in [3.8, 4) is 0 Å². The van der Waals surface area contributed by atoms with Crippen LogP contribution in [0.4, 0.5) is 5.69 Å². The van der Waals surface area contributed by atoms with Gasteiger partial charge in [0.05, 0.1) is 6.54 Å². The van der Waals surface area contributed by atoms with Crippen molar-refractivity contribution < 1.29 is 14.4 Å². The molecule has 0 atom stereocenters. The van der Waals surface area contributed by atoms with Gasteiger partial charge in [-0.2, -0.15) is 0 Å². The second-order valence-electron chi connectivity index (χ2n) is 5.95. The number of anilines is 1. The molecule has 1 saturated heterocycles. The third-order valence-electron chi connectivity index (χ3n) is 3.62. The van der Waals surface area contributed by atoms with Crippen LogP contribution in [0.15, 0.2) is 24.3 Å². The molecule has 0 unspecified atom stereocenters. The molecule has 124 valence electrons. The van der Waals surface area contributed by atoms with Crippen LogP contribution in [-0.2, 0) is 9.59 Å². The normalized spacial score (nSPS) is 14.7. The summed E-state index contributed by atoms with van der Waals surface area (Å²) in [5, 5.41) is 5.29. The van der Waals surface area contributed by atoms with Crippen LogP contribution in [0.2, 0.25) is 0 Å². The van der Waals surface area contributed by atoms with E-state index in [1.54, 1.807) is 29.2 Å². The van der Waals surface area contributed by atoms with Crippen LogP contribution >= 0.6 is 0 Å². The molecule has 0 radical (unpaired) electrons. The maximum atomic E-state index is 12.0. The van der Waals surface area contributed by atoms with Gasteiger partial charge >= 0.3 is 0 Å². The fraction of sp³-hybridized carbons (Fsp3) is 0.471. The molecule has 0 saturated carbocycles. The highest BCUT2D eigenvalue weighted by molar-refractivity contribution is 5.98. The maximum absolute atomic E-state index is 12.0. The van der Waals surface area contributed by atoms with Crippen LogP contribution in [0.3, 0.4) is 0 Å². The van der Waals surface area contributed by atoms with Crippen LogP contribution in [-0.4, -0.2) is 36.9 Å². The minimum atomic E-state index is -0.305. The first-order valence-corrected chi connectivity index (χ1v) is 7.95. The SMILES string of the molecule is CC(C)NC(=O)CNC(=O)c1ccc(N2CCCCC2=O)cc1. The lowest BCUT2D eigenvalue weighted by Gasteiger charge is -2.26. The average Bonchev–Trinajstić information content (AvgIpc) is 2.53. The summed E-state index contributed by atoms with van der Waals surface area (Å²) in [4.78, 5) is 37.2. The molecule has 0 aliphatic carbocycles. The van der Waals surface area contributed by atoms with E-state index in [-0.39, 0.29) is 30.3 Å². The first kappa shape index (κ1) is 17.0. The number of carbonyl (C=O) groups is 3. The number of carbonyl (C=O) groups excluding carboxylic acids is 3. The molecule has 3 amide bonds. The van der Waals surface area contributed by atoms with E-state index in [1.165, 1.54) is 0 Å². The molecule has 6 nitrogen and oxygen atoms in total. The first-order chi connectivity index (χ1) is 11.0. The van der Waals surface area contributed by atoms with E-state index < -0.39 is 0 Å². The fourth-order valence-corrected chi connectivity index (χ4v) is 2.51. The predicted molar refractivity (Wildman–Crippen MR) is 88.3 cm³/mol. The van der Waals surface area contributed by atoms with Gasteiger partial charge in [0.1, 0.15) is 0 Å². The molecule has 23 heavy (non-hydrogen) atoms. The van der Waals surface area contributed by atoms with E-state index in [0.29, 0.717) is 12.0 Å². The van der Waals surface area contributed by atoms with Gasteiger partial charge in [0.25, 0.3) is 5.91 Å². The van der Waals surface area contributed by atoms with Crippen molar-refractivity contribution >= 4 is 23.4 Å². The number of amides is 3. The van der Waals surface area contributed by atoms with E-state index in [9.17, 15) is 14.4 Å². The molecular formula is C17H23N3O3. The second kappa shape index (κ2) is 7.76. The Morgan fingerprint density at radius 3 is 2.48 bits per heavy atom. The summed E-state index contributed by atoms with van der Waals surface area (Å²) in [6.07, 6.45) is 2.51. The third-order valence-corrected chi connectivity index (χ3v) is 3.62. The number of nitrogens with one attached hydrogen (secondary N) is 2. The van der Waals surface area contributed by atoms with Gasteiger partial charge in [-0.15, -0.1) is 0 Å². The number of hydrogen-bond donors (Lipinski definition) is 2. The molecule has 1 aromatic rings. The first-order valence-electron chi connectivity index (χ1n) is 7.95. The molecule has 0 bridgehead atoms. The van der Waals surface area contributed by atoms with Crippen LogP contribution < -0.4 is 15.5 Å². The van der Waals surface area contributed by atoms with Gasteiger partial charge in [-0.1, -0.05) is 0 Å². The van der Waals surface area contributed by atoms with Gasteiger partial charge in [-0.05, 0) is 51.0 Å². The molecule has 1 fully saturated rings. The van der Waals surface area contributed by atoms with Crippen molar-refractivity contribution in [2.75, 3.05) is 18.0 Å². The highest BCUT2D eigenvalue weighted by Crippen LogP contribution is 2.21. The highest BCUT2D eigenvalue weighted by atomic mass is 16.2. The van der Waals surface area contributed by atoms with Crippen LogP contribution in [0.1, 0.15) is 43.5 Å². The van der Waals surface area contributed by atoms with Crippen molar-refractivity contribution in [3.63, 3.8) is 0 Å². The number of piperidine rings is 1. The monoisotopic (exact) mass is 317 g/mol. The van der Waals surface area contributed by atoms with Crippen LogP contribution in [0.25, 0.3) is 0 Å². The van der Waals surface area contributed by atoms with E-state index in [4.69, 9.17) is 0 Å². The Morgan fingerprint density at radius 2 is 1.87 bits per heavy atom. The van der Waals surface area contributed by atoms with Gasteiger partial charge in [-0.3, -0.25) is 14.4 Å². The lowest BCUT2D eigenvalue weighted by atomic mass is 10.1. The Bertz CT molecular complexity index is 581. The number of benzene rings is 1. The van der Waals surface area contributed by atoms with E-state index in [1.807, 2.05) is 13.8 Å². The molecule has 2 rings (SSSR count). The van der Waals surface area contributed by atoms with Gasteiger partial charge in [0, 0.05) is 30.3 Å². The zero-order chi connectivity index (χ0) is 16.8.